The van der Waals surface area contributed by atoms with E-state index in [9.17, 15) is 14.9 Å². The molecule has 0 aliphatic rings. The highest BCUT2D eigenvalue weighted by molar-refractivity contribution is 6.10. The normalized spacial score (nSPS) is 10.9. The molecule has 0 aliphatic heterocycles. The van der Waals surface area contributed by atoms with Crippen LogP contribution in [0.25, 0.3) is 22.0 Å². The first kappa shape index (κ1) is 26.9. The van der Waals surface area contributed by atoms with Crippen LogP contribution in [0.5, 0.6) is 11.5 Å². The number of carbonyl (C=O) groups excluding carboxylic acids is 2. The van der Waals surface area contributed by atoms with E-state index in [1.165, 1.54) is 6.21 Å². The first-order chi connectivity index (χ1) is 20.0. The maximum atomic E-state index is 13.3. The van der Waals surface area contributed by atoms with Crippen LogP contribution < -0.4 is 14.9 Å². The van der Waals surface area contributed by atoms with E-state index in [0.717, 1.165) is 16.5 Å². The molecular weight excluding hydrogens is 516 g/mol. The number of nitrogens with zero attached hydrogens (tertiary/aromatic N) is 2. The highest BCUT2D eigenvalue weighted by Crippen LogP contribution is 2.34. The van der Waals surface area contributed by atoms with E-state index in [2.05, 4.69) is 21.6 Å². The molecule has 4 aromatic carbocycles. The van der Waals surface area contributed by atoms with Crippen LogP contribution in [0.15, 0.2) is 96.1 Å². The largest absolute Gasteiger partial charge is 0.490 e. The van der Waals surface area contributed by atoms with Crippen molar-refractivity contribution in [2.75, 3.05) is 6.61 Å². The Kier molecular flexibility index (Phi) is 7.88. The molecule has 8 heteroatoms. The Morgan fingerprint density at radius 2 is 1.78 bits per heavy atom. The second-order valence-electron chi connectivity index (χ2n) is 9.18. The molecule has 0 bridgehead atoms. The highest BCUT2D eigenvalue weighted by Gasteiger charge is 2.20. The number of esters is 1. The molecular formula is C33H26N4O4. The maximum Gasteiger partial charge on any atom is 0.343 e. The summed E-state index contributed by atoms with van der Waals surface area (Å²) < 4.78 is 11.3. The molecule has 0 aliphatic carbocycles. The Balaban J connectivity index is 1.38. The zero-order valence-corrected chi connectivity index (χ0v) is 22.5. The van der Waals surface area contributed by atoms with Crippen LogP contribution in [-0.4, -0.2) is 29.7 Å². The number of ether oxygens (including phenoxy) is 2. The van der Waals surface area contributed by atoms with E-state index < -0.39 is 11.9 Å². The minimum Gasteiger partial charge on any atom is -0.490 e. The topological polar surface area (TPSA) is 117 Å². The number of aryl methyl sites for hydroxylation is 1. The molecule has 0 spiro atoms. The third-order valence-electron chi connectivity index (χ3n) is 6.35. The Bertz CT molecular complexity index is 1820. The Morgan fingerprint density at radius 3 is 2.54 bits per heavy atom. The summed E-state index contributed by atoms with van der Waals surface area (Å²) >= 11 is 0. The highest BCUT2D eigenvalue weighted by atomic mass is 16.6. The second-order valence-corrected chi connectivity index (χ2v) is 9.18. The van der Waals surface area contributed by atoms with Crippen molar-refractivity contribution in [1.29, 1.82) is 5.26 Å². The lowest BCUT2D eigenvalue weighted by molar-refractivity contribution is 0.0728. The molecule has 5 rings (SSSR count). The van der Waals surface area contributed by atoms with Crippen molar-refractivity contribution < 1.29 is 19.1 Å². The van der Waals surface area contributed by atoms with Gasteiger partial charge in [-0.1, -0.05) is 60.2 Å². The van der Waals surface area contributed by atoms with Gasteiger partial charge < -0.3 is 14.5 Å². The number of nitrogens with one attached hydrogen (secondary N) is 2. The molecule has 2 N–H and O–H groups in total. The van der Waals surface area contributed by atoms with Crippen molar-refractivity contribution in [3.8, 4) is 28.7 Å². The van der Waals surface area contributed by atoms with E-state index in [-0.39, 0.29) is 5.75 Å². The van der Waals surface area contributed by atoms with Gasteiger partial charge in [-0.2, -0.15) is 10.4 Å². The smallest absolute Gasteiger partial charge is 0.343 e. The van der Waals surface area contributed by atoms with Gasteiger partial charge in [-0.3, -0.25) is 4.79 Å². The minimum atomic E-state index is -0.490. The predicted molar refractivity (Wildman–Crippen MR) is 157 cm³/mol. The van der Waals surface area contributed by atoms with Gasteiger partial charge in [0.1, 0.15) is 11.8 Å². The van der Waals surface area contributed by atoms with E-state index >= 15 is 0 Å². The van der Waals surface area contributed by atoms with Gasteiger partial charge in [0.15, 0.2) is 11.5 Å². The molecule has 1 amide bonds. The number of rotatable bonds is 8. The fourth-order valence-electron chi connectivity index (χ4n) is 4.50. The molecule has 0 unspecified atom stereocenters. The van der Waals surface area contributed by atoms with Crippen LogP contribution in [0.2, 0.25) is 0 Å². The summed E-state index contributed by atoms with van der Waals surface area (Å²) in [6, 6.07) is 29.2. The molecule has 202 valence electrons. The van der Waals surface area contributed by atoms with Crippen molar-refractivity contribution >= 4 is 29.0 Å². The monoisotopic (exact) mass is 542 g/mol. The number of benzene rings is 4. The number of para-hydroxylation sites is 1. The molecule has 0 saturated carbocycles. The van der Waals surface area contributed by atoms with Crippen LogP contribution in [0.3, 0.4) is 0 Å². The maximum absolute atomic E-state index is 13.3. The second kappa shape index (κ2) is 12.0. The van der Waals surface area contributed by atoms with Gasteiger partial charge in [0, 0.05) is 10.9 Å². The Hall–Kier alpha value is -5.68. The molecule has 5 aromatic rings. The van der Waals surface area contributed by atoms with Crippen LogP contribution in [0, 0.1) is 18.3 Å². The summed E-state index contributed by atoms with van der Waals surface area (Å²) in [5.41, 5.74) is 7.41. The van der Waals surface area contributed by atoms with Gasteiger partial charge in [-0.25, -0.2) is 10.2 Å². The number of aromatic amines is 1. The van der Waals surface area contributed by atoms with Crippen molar-refractivity contribution in [2.45, 2.75) is 13.8 Å². The standard InChI is InChI=1S/C33H26N4O4/c1-3-40-28-18-22(15-16-27(28)41-33(39)24-12-7-9-21(2)17-24)20-35-37-32(38)31-29(23-10-5-4-6-11-23)26-14-8-13-25(19-34)30(26)36-31/h4-18,20,36H,3H2,1-2H3,(H,37,38). The van der Waals surface area contributed by atoms with Crippen LogP contribution in [0.4, 0.5) is 0 Å². The molecule has 0 atom stereocenters. The minimum absolute atomic E-state index is 0.276. The molecule has 0 radical (unpaired) electrons. The van der Waals surface area contributed by atoms with Crippen molar-refractivity contribution in [2.24, 2.45) is 5.10 Å². The van der Waals surface area contributed by atoms with E-state index in [4.69, 9.17) is 9.47 Å². The summed E-state index contributed by atoms with van der Waals surface area (Å²) in [4.78, 5) is 29.1. The fraction of sp³-hybridized carbons (Fsp3) is 0.0909. The molecule has 8 nitrogen and oxygen atoms in total. The van der Waals surface area contributed by atoms with Crippen LogP contribution >= 0.6 is 0 Å². The number of hydrogen-bond acceptors (Lipinski definition) is 6. The summed E-state index contributed by atoms with van der Waals surface area (Å²) in [6.45, 7) is 4.09. The Labute approximate surface area is 236 Å². The van der Waals surface area contributed by atoms with Crippen molar-refractivity contribution in [3.63, 3.8) is 0 Å². The average molecular weight is 543 g/mol. The summed E-state index contributed by atoms with van der Waals surface area (Å²) in [5, 5.41) is 14.5. The van der Waals surface area contributed by atoms with E-state index in [0.29, 0.717) is 45.8 Å². The lowest BCUT2D eigenvalue weighted by Gasteiger charge is -2.11. The third kappa shape index (κ3) is 5.84. The number of nitriles is 1. The molecule has 0 saturated heterocycles. The van der Waals surface area contributed by atoms with Gasteiger partial charge in [0.25, 0.3) is 5.91 Å². The SMILES string of the molecule is CCOc1cc(C=NNC(=O)c2[nH]c3c(C#N)cccc3c2-c2ccccc2)ccc1OC(=O)c1cccc(C)c1. The van der Waals surface area contributed by atoms with Gasteiger partial charge in [0.05, 0.1) is 29.5 Å². The number of amides is 1. The lowest BCUT2D eigenvalue weighted by atomic mass is 10.0. The number of hydrazone groups is 1. The summed E-state index contributed by atoms with van der Waals surface area (Å²) in [5.74, 6) is -0.308. The predicted octanol–water partition coefficient (Wildman–Crippen LogP) is 6.40. The quantitative estimate of drug-likeness (QED) is 0.102. The van der Waals surface area contributed by atoms with E-state index in [1.54, 1.807) is 48.5 Å². The lowest BCUT2D eigenvalue weighted by Crippen LogP contribution is -2.19. The number of fused-ring (bicyclic) bond motifs is 1. The van der Waals surface area contributed by atoms with Crippen molar-refractivity contribution in [1.82, 2.24) is 10.4 Å². The zero-order chi connectivity index (χ0) is 28.8. The number of carbonyl (C=O) groups is 2. The van der Waals surface area contributed by atoms with Gasteiger partial charge in [0.2, 0.25) is 0 Å². The first-order valence-electron chi connectivity index (χ1n) is 13.0. The number of H-pyrrole nitrogens is 1. The fourth-order valence-corrected chi connectivity index (χ4v) is 4.50. The molecule has 0 fully saturated rings. The molecule has 1 heterocycles. The number of aromatic nitrogens is 1. The average Bonchev–Trinajstić information content (AvgIpc) is 3.39. The molecule has 1 aromatic heterocycles. The van der Waals surface area contributed by atoms with Crippen LogP contribution in [-0.2, 0) is 0 Å². The third-order valence-corrected chi connectivity index (χ3v) is 6.35. The first-order valence-corrected chi connectivity index (χ1v) is 13.0. The molecule has 41 heavy (non-hydrogen) atoms. The summed E-state index contributed by atoms with van der Waals surface area (Å²) in [6.07, 6.45) is 1.47. The van der Waals surface area contributed by atoms with Gasteiger partial charge >= 0.3 is 5.97 Å². The zero-order valence-electron chi connectivity index (χ0n) is 22.5. The van der Waals surface area contributed by atoms with Gasteiger partial charge in [-0.05, 0) is 61.4 Å². The Morgan fingerprint density at radius 1 is 0.976 bits per heavy atom. The summed E-state index contributed by atoms with van der Waals surface area (Å²) in [7, 11) is 0. The van der Waals surface area contributed by atoms with Crippen molar-refractivity contribution in [3.05, 3.63) is 119 Å². The van der Waals surface area contributed by atoms with E-state index in [1.807, 2.05) is 56.3 Å². The van der Waals surface area contributed by atoms with Gasteiger partial charge in [-0.15, -0.1) is 0 Å². The van der Waals surface area contributed by atoms with Crippen LogP contribution in [0.1, 0.15) is 44.5 Å². The number of hydrogen-bond donors (Lipinski definition) is 2.